The van der Waals surface area contributed by atoms with Gasteiger partial charge in [-0.05, 0) is 12.8 Å². The zero-order chi connectivity index (χ0) is 13.8. The highest BCUT2D eigenvalue weighted by Gasteiger charge is 2.26. The Bertz CT molecular complexity index is 468. The number of hydrogen-bond donors (Lipinski definition) is 0. The van der Waals surface area contributed by atoms with E-state index >= 15 is 0 Å². The Morgan fingerprint density at radius 2 is 1.75 bits per heavy atom. The molecule has 5 heteroatoms. The maximum absolute atomic E-state index is 5.43. The van der Waals surface area contributed by atoms with E-state index in [0.29, 0.717) is 6.04 Å². The van der Waals surface area contributed by atoms with Crippen molar-refractivity contribution in [1.29, 1.82) is 0 Å². The first-order chi connectivity index (χ1) is 9.86. The summed E-state index contributed by atoms with van der Waals surface area (Å²) in [6, 6.07) is 0.690. The van der Waals surface area contributed by atoms with Crippen LogP contribution in [0, 0.1) is 12.3 Å². The van der Waals surface area contributed by atoms with Crippen LogP contribution in [0.5, 0.6) is 0 Å². The van der Waals surface area contributed by atoms with E-state index in [1.165, 1.54) is 0 Å². The minimum atomic E-state index is 0.690. The highest BCUT2D eigenvalue weighted by Crippen LogP contribution is 2.18. The number of anilines is 1. The lowest BCUT2D eigenvalue weighted by Gasteiger charge is -2.40. The van der Waals surface area contributed by atoms with Gasteiger partial charge >= 0.3 is 0 Å². The molecule has 0 N–H and O–H groups in total. The van der Waals surface area contributed by atoms with E-state index in [1.54, 1.807) is 12.4 Å². The summed E-state index contributed by atoms with van der Waals surface area (Å²) in [5.41, 5.74) is 0.731. The lowest BCUT2D eigenvalue weighted by atomic mass is 10.1. The van der Waals surface area contributed by atoms with Gasteiger partial charge in [0.25, 0.3) is 0 Å². The highest BCUT2D eigenvalue weighted by atomic mass is 16.5. The van der Waals surface area contributed by atoms with Crippen molar-refractivity contribution in [3.63, 3.8) is 0 Å². The molecule has 0 unspecified atom stereocenters. The Labute approximate surface area is 120 Å². The van der Waals surface area contributed by atoms with Gasteiger partial charge in [-0.25, -0.2) is 9.97 Å². The molecule has 0 atom stereocenters. The summed E-state index contributed by atoms with van der Waals surface area (Å²) < 4.78 is 5.43. The Kier molecular flexibility index (Phi) is 4.14. The van der Waals surface area contributed by atoms with Crippen molar-refractivity contribution in [2.24, 2.45) is 0 Å². The number of nitrogens with zero attached hydrogens (tertiary/aromatic N) is 4. The molecule has 0 bridgehead atoms. The van der Waals surface area contributed by atoms with Crippen LogP contribution in [0.25, 0.3) is 0 Å². The van der Waals surface area contributed by atoms with Gasteiger partial charge in [-0.3, -0.25) is 4.90 Å². The molecule has 3 heterocycles. The molecule has 1 aromatic heterocycles. The van der Waals surface area contributed by atoms with Crippen molar-refractivity contribution < 1.29 is 4.74 Å². The van der Waals surface area contributed by atoms with E-state index < -0.39 is 0 Å². The maximum Gasteiger partial charge on any atom is 0.225 e. The second-order valence-electron chi connectivity index (χ2n) is 5.28. The predicted molar refractivity (Wildman–Crippen MR) is 77.6 cm³/mol. The third kappa shape index (κ3) is 2.92. The van der Waals surface area contributed by atoms with Crippen molar-refractivity contribution in [1.82, 2.24) is 14.9 Å². The summed E-state index contributed by atoms with van der Waals surface area (Å²) in [6.07, 6.45) is 11.1. The van der Waals surface area contributed by atoms with Gasteiger partial charge in [-0.1, -0.05) is 5.92 Å². The van der Waals surface area contributed by atoms with Crippen LogP contribution < -0.4 is 4.90 Å². The first-order valence-electron chi connectivity index (χ1n) is 7.22. The van der Waals surface area contributed by atoms with Crippen molar-refractivity contribution >= 4 is 5.95 Å². The van der Waals surface area contributed by atoms with Crippen LogP contribution >= 0.6 is 0 Å². The topological polar surface area (TPSA) is 41.5 Å². The van der Waals surface area contributed by atoms with Gasteiger partial charge in [-0.2, -0.15) is 0 Å². The molecule has 0 aliphatic carbocycles. The maximum atomic E-state index is 5.43. The van der Waals surface area contributed by atoms with Gasteiger partial charge < -0.3 is 9.64 Å². The first-order valence-corrected chi connectivity index (χ1v) is 7.22. The fourth-order valence-electron chi connectivity index (χ4n) is 2.90. The number of rotatable bonds is 2. The van der Waals surface area contributed by atoms with E-state index in [9.17, 15) is 0 Å². The molecule has 3 rings (SSSR count). The van der Waals surface area contributed by atoms with Gasteiger partial charge in [0, 0.05) is 57.8 Å². The molecule has 2 aliphatic heterocycles. The molecular weight excluding hydrogens is 252 g/mol. The lowest BCUT2D eigenvalue weighted by Crippen LogP contribution is -2.52. The normalized spacial score (nSPS) is 21.6. The Hall–Kier alpha value is -1.64. The molecule has 5 nitrogen and oxygen atoms in total. The number of terminal acetylenes is 1. The summed E-state index contributed by atoms with van der Waals surface area (Å²) in [5.74, 6) is 3.33. The first kappa shape index (κ1) is 13.3. The third-order valence-corrected chi connectivity index (χ3v) is 4.11. The molecule has 0 spiro atoms. The molecule has 20 heavy (non-hydrogen) atoms. The molecule has 106 valence electrons. The summed E-state index contributed by atoms with van der Waals surface area (Å²) >= 11 is 0. The quantitative estimate of drug-likeness (QED) is 0.744. The summed E-state index contributed by atoms with van der Waals surface area (Å²) in [6.45, 7) is 5.92. The molecule has 2 fully saturated rings. The lowest BCUT2D eigenvalue weighted by molar-refractivity contribution is 0.0320. The number of aromatic nitrogens is 2. The van der Waals surface area contributed by atoms with Crippen molar-refractivity contribution in [2.75, 3.05) is 44.3 Å². The fourth-order valence-corrected chi connectivity index (χ4v) is 2.90. The average Bonchev–Trinajstić information content (AvgIpc) is 2.56. The van der Waals surface area contributed by atoms with Crippen LogP contribution in [0.1, 0.15) is 18.4 Å². The van der Waals surface area contributed by atoms with Crippen molar-refractivity contribution in [3.05, 3.63) is 18.0 Å². The molecule has 1 aromatic rings. The Balaban J connectivity index is 1.56. The van der Waals surface area contributed by atoms with Crippen molar-refractivity contribution in [2.45, 2.75) is 18.9 Å². The van der Waals surface area contributed by atoms with E-state index in [2.05, 4.69) is 25.7 Å². The molecule has 0 amide bonds. The fraction of sp³-hybridized carbons (Fsp3) is 0.600. The van der Waals surface area contributed by atoms with E-state index in [4.69, 9.17) is 11.2 Å². The molecule has 0 saturated carbocycles. The average molecular weight is 272 g/mol. The molecule has 2 saturated heterocycles. The van der Waals surface area contributed by atoms with E-state index in [1.807, 2.05) is 0 Å². The minimum absolute atomic E-state index is 0.690. The van der Waals surface area contributed by atoms with Gasteiger partial charge in [0.15, 0.2) is 0 Å². The molecular formula is C15H20N4O. The SMILES string of the molecule is C#Cc1cnc(N2CCN(C3CCOCC3)CC2)nc1. The van der Waals surface area contributed by atoms with E-state index in [-0.39, 0.29) is 0 Å². The third-order valence-electron chi connectivity index (χ3n) is 4.11. The predicted octanol–water partition coefficient (Wildman–Crippen LogP) is 0.759. The molecule has 0 aromatic carbocycles. The van der Waals surface area contributed by atoms with Crippen LogP contribution in [0.3, 0.4) is 0 Å². The zero-order valence-corrected chi connectivity index (χ0v) is 11.7. The number of piperazine rings is 1. The van der Waals surface area contributed by atoms with Gasteiger partial charge in [0.1, 0.15) is 0 Å². The van der Waals surface area contributed by atoms with Gasteiger partial charge in [-0.15, -0.1) is 6.42 Å². The van der Waals surface area contributed by atoms with Crippen LogP contribution in [0.4, 0.5) is 5.95 Å². The smallest absolute Gasteiger partial charge is 0.225 e. The Morgan fingerprint density at radius 1 is 1.10 bits per heavy atom. The minimum Gasteiger partial charge on any atom is -0.381 e. The van der Waals surface area contributed by atoms with Crippen LogP contribution in [0.15, 0.2) is 12.4 Å². The highest BCUT2D eigenvalue weighted by molar-refractivity contribution is 5.35. The molecule has 0 radical (unpaired) electrons. The van der Waals surface area contributed by atoms with Crippen LogP contribution in [-0.4, -0.2) is 60.3 Å². The largest absolute Gasteiger partial charge is 0.381 e. The van der Waals surface area contributed by atoms with Gasteiger partial charge in [0.2, 0.25) is 5.95 Å². The summed E-state index contributed by atoms with van der Waals surface area (Å²) in [5, 5.41) is 0. The van der Waals surface area contributed by atoms with Gasteiger partial charge in [0.05, 0.1) is 5.56 Å². The van der Waals surface area contributed by atoms with Crippen LogP contribution in [-0.2, 0) is 4.74 Å². The number of ether oxygens (including phenoxy) is 1. The van der Waals surface area contributed by atoms with E-state index in [0.717, 1.165) is 63.7 Å². The number of hydrogen-bond acceptors (Lipinski definition) is 5. The Morgan fingerprint density at radius 3 is 2.35 bits per heavy atom. The monoisotopic (exact) mass is 272 g/mol. The van der Waals surface area contributed by atoms with Crippen molar-refractivity contribution in [3.8, 4) is 12.3 Å². The van der Waals surface area contributed by atoms with Crippen LogP contribution in [0.2, 0.25) is 0 Å². The standard InChI is InChI=1S/C15H20N4O/c1-2-13-11-16-15(17-12-13)19-7-5-18(6-8-19)14-3-9-20-10-4-14/h1,11-12,14H,3-10H2. The summed E-state index contributed by atoms with van der Waals surface area (Å²) in [7, 11) is 0. The second kappa shape index (κ2) is 6.21. The second-order valence-corrected chi connectivity index (χ2v) is 5.28. The zero-order valence-electron chi connectivity index (χ0n) is 11.7. The summed E-state index contributed by atoms with van der Waals surface area (Å²) in [4.78, 5) is 13.5. The molecule has 2 aliphatic rings.